The summed E-state index contributed by atoms with van der Waals surface area (Å²) < 4.78 is 5.50. The molecule has 1 aromatic carbocycles. The second-order valence-corrected chi connectivity index (χ2v) is 4.38. The molecule has 3 N–H and O–H groups in total. The number of furan rings is 1. The Labute approximate surface area is 119 Å². The maximum absolute atomic E-state index is 10.4. The Morgan fingerprint density at radius 2 is 2.05 bits per heavy atom. The van der Waals surface area contributed by atoms with Crippen LogP contribution in [0.3, 0.4) is 0 Å². The fraction of sp³-hybridized carbons (Fsp3) is 0. The van der Waals surface area contributed by atoms with Gasteiger partial charge in [-0.2, -0.15) is 5.10 Å². The highest BCUT2D eigenvalue weighted by Gasteiger charge is 2.06. The van der Waals surface area contributed by atoms with Gasteiger partial charge in [0.25, 0.3) is 0 Å². The van der Waals surface area contributed by atoms with E-state index in [4.69, 9.17) is 33.4 Å². The van der Waals surface area contributed by atoms with Crippen LogP contribution in [0.2, 0.25) is 10.0 Å². The average Bonchev–Trinajstić information content (AvgIpc) is 2.81. The molecule has 0 unspecified atom stereocenters. The topological polar surface area (TPSA) is 80.6 Å². The minimum Gasteiger partial charge on any atom is -0.455 e. The molecule has 7 heteroatoms. The third-order valence-electron chi connectivity index (χ3n) is 2.20. The molecule has 2 rings (SSSR count). The molecule has 0 bridgehead atoms. The number of urea groups is 1. The Bertz CT molecular complexity index is 638. The first-order chi connectivity index (χ1) is 9.06. The highest BCUT2D eigenvalue weighted by atomic mass is 35.5. The molecule has 1 heterocycles. The van der Waals surface area contributed by atoms with Gasteiger partial charge in [-0.05, 0) is 30.3 Å². The van der Waals surface area contributed by atoms with Gasteiger partial charge in [0.15, 0.2) is 0 Å². The molecule has 2 amide bonds. The third-order valence-corrected chi connectivity index (χ3v) is 2.94. The Hall–Kier alpha value is -1.98. The summed E-state index contributed by atoms with van der Waals surface area (Å²) in [5, 5.41) is 4.51. The van der Waals surface area contributed by atoms with E-state index < -0.39 is 6.03 Å². The fourth-order valence-electron chi connectivity index (χ4n) is 1.39. The molecule has 0 saturated carbocycles. The van der Waals surface area contributed by atoms with E-state index in [0.717, 1.165) is 5.56 Å². The summed E-state index contributed by atoms with van der Waals surface area (Å²) in [5.74, 6) is 1.08. The summed E-state index contributed by atoms with van der Waals surface area (Å²) in [6, 6.07) is 7.88. The van der Waals surface area contributed by atoms with E-state index in [0.29, 0.717) is 21.6 Å². The zero-order valence-corrected chi connectivity index (χ0v) is 11.1. The van der Waals surface area contributed by atoms with Gasteiger partial charge in [-0.1, -0.05) is 23.2 Å². The van der Waals surface area contributed by atoms with Crippen molar-refractivity contribution in [3.8, 4) is 11.3 Å². The van der Waals surface area contributed by atoms with Crippen molar-refractivity contribution in [3.05, 3.63) is 46.1 Å². The molecule has 5 nitrogen and oxygen atoms in total. The summed E-state index contributed by atoms with van der Waals surface area (Å²) in [7, 11) is 0. The molecule has 0 aliphatic carbocycles. The molecule has 0 aliphatic rings. The second-order valence-electron chi connectivity index (χ2n) is 3.57. The molecule has 0 fully saturated rings. The number of nitrogens with zero attached hydrogens (tertiary/aromatic N) is 1. The van der Waals surface area contributed by atoms with E-state index in [1.54, 1.807) is 30.3 Å². The van der Waals surface area contributed by atoms with E-state index in [1.807, 2.05) is 0 Å². The monoisotopic (exact) mass is 297 g/mol. The van der Waals surface area contributed by atoms with Crippen LogP contribution in [0.4, 0.5) is 4.79 Å². The van der Waals surface area contributed by atoms with Gasteiger partial charge < -0.3 is 10.2 Å². The van der Waals surface area contributed by atoms with E-state index in [-0.39, 0.29) is 0 Å². The van der Waals surface area contributed by atoms with E-state index >= 15 is 0 Å². The number of carbonyl (C=O) groups excluding carboxylic acids is 1. The molecule has 1 aromatic heterocycles. The quantitative estimate of drug-likeness (QED) is 0.673. The molecule has 0 aliphatic heterocycles. The van der Waals surface area contributed by atoms with Crippen molar-refractivity contribution in [2.75, 3.05) is 0 Å². The number of hydrogen-bond donors (Lipinski definition) is 2. The number of hydrazone groups is 1. The van der Waals surface area contributed by atoms with Crippen LogP contribution in [-0.2, 0) is 0 Å². The first-order valence-corrected chi connectivity index (χ1v) is 5.95. The number of hydrogen-bond acceptors (Lipinski definition) is 3. The summed E-state index contributed by atoms with van der Waals surface area (Å²) in [6.07, 6.45) is 1.34. The Kier molecular flexibility index (Phi) is 4.09. The number of nitrogens with two attached hydrogens (primary N) is 1. The standard InChI is InChI=1S/C12H9Cl2N3O2/c13-9-3-1-7(5-10(9)14)11-4-2-8(19-11)6-16-17-12(15)18/h1-6H,(H3,15,17,18)/b16-6+. The Morgan fingerprint density at radius 3 is 2.74 bits per heavy atom. The second kappa shape index (κ2) is 5.77. The molecule has 0 radical (unpaired) electrons. The van der Waals surface area contributed by atoms with Gasteiger partial charge in [-0.3, -0.25) is 0 Å². The van der Waals surface area contributed by atoms with Gasteiger partial charge in [-0.15, -0.1) is 0 Å². The van der Waals surface area contributed by atoms with Crippen molar-refractivity contribution < 1.29 is 9.21 Å². The lowest BCUT2D eigenvalue weighted by Gasteiger charge is -1.99. The first-order valence-electron chi connectivity index (χ1n) is 5.20. The lowest BCUT2D eigenvalue weighted by molar-refractivity contribution is 0.249. The van der Waals surface area contributed by atoms with Gasteiger partial charge in [-0.25, -0.2) is 10.2 Å². The lowest BCUT2D eigenvalue weighted by atomic mass is 10.2. The highest BCUT2D eigenvalue weighted by Crippen LogP contribution is 2.29. The molecule has 0 spiro atoms. The van der Waals surface area contributed by atoms with Crippen LogP contribution in [0.5, 0.6) is 0 Å². The van der Waals surface area contributed by atoms with Gasteiger partial charge >= 0.3 is 6.03 Å². The summed E-state index contributed by atoms with van der Waals surface area (Å²) in [4.78, 5) is 10.4. The number of benzene rings is 1. The van der Waals surface area contributed by atoms with Crippen molar-refractivity contribution in [1.82, 2.24) is 5.43 Å². The van der Waals surface area contributed by atoms with Crippen molar-refractivity contribution in [3.63, 3.8) is 0 Å². The summed E-state index contributed by atoms with van der Waals surface area (Å²) in [5.41, 5.74) is 7.72. The van der Waals surface area contributed by atoms with Crippen molar-refractivity contribution in [2.24, 2.45) is 10.8 Å². The number of nitrogens with one attached hydrogen (secondary N) is 1. The molecule has 2 aromatic rings. The molecule has 98 valence electrons. The number of rotatable bonds is 3. The van der Waals surface area contributed by atoms with Gasteiger partial charge in [0.1, 0.15) is 11.5 Å². The number of primary amides is 1. The van der Waals surface area contributed by atoms with E-state index in [9.17, 15) is 4.79 Å². The molecule has 19 heavy (non-hydrogen) atoms. The molecular weight excluding hydrogens is 289 g/mol. The van der Waals surface area contributed by atoms with E-state index in [2.05, 4.69) is 10.5 Å². The van der Waals surface area contributed by atoms with Gasteiger partial charge in [0.2, 0.25) is 0 Å². The van der Waals surface area contributed by atoms with Crippen LogP contribution in [0.25, 0.3) is 11.3 Å². The van der Waals surface area contributed by atoms with Crippen molar-refractivity contribution >= 4 is 35.4 Å². The van der Waals surface area contributed by atoms with Crippen LogP contribution < -0.4 is 11.2 Å². The fourth-order valence-corrected chi connectivity index (χ4v) is 1.68. The number of amides is 2. The van der Waals surface area contributed by atoms with Crippen LogP contribution in [0, 0.1) is 0 Å². The average molecular weight is 298 g/mol. The Balaban J connectivity index is 2.18. The number of carbonyl (C=O) groups is 1. The maximum atomic E-state index is 10.4. The predicted octanol–water partition coefficient (Wildman–Crippen LogP) is 3.26. The Morgan fingerprint density at radius 1 is 1.26 bits per heavy atom. The van der Waals surface area contributed by atoms with Crippen molar-refractivity contribution in [1.29, 1.82) is 0 Å². The molecule has 0 atom stereocenters. The lowest BCUT2D eigenvalue weighted by Crippen LogP contribution is -2.24. The minimum atomic E-state index is -0.743. The van der Waals surface area contributed by atoms with Crippen molar-refractivity contribution in [2.45, 2.75) is 0 Å². The van der Waals surface area contributed by atoms with Crippen LogP contribution in [-0.4, -0.2) is 12.2 Å². The smallest absolute Gasteiger partial charge is 0.332 e. The molecular formula is C12H9Cl2N3O2. The summed E-state index contributed by atoms with van der Waals surface area (Å²) >= 11 is 11.8. The van der Waals surface area contributed by atoms with Crippen LogP contribution >= 0.6 is 23.2 Å². The highest BCUT2D eigenvalue weighted by molar-refractivity contribution is 6.42. The van der Waals surface area contributed by atoms with Gasteiger partial charge in [0, 0.05) is 5.56 Å². The normalized spacial score (nSPS) is 10.8. The first kappa shape index (κ1) is 13.5. The van der Waals surface area contributed by atoms with Crippen LogP contribution in [0.15, 0.2) is 39.9 Å². The maximum Gasteiger partial charge on any atom is 0.332 e. The minimum absolute atomic E-state index is 0.446. The zero-order chi connectivity index (χ0) is 13.8. The predicted molar refractivity (Wildman–Crippen MR) is 74.5 cm³/mol. The van der Waals surface area contributed by atoms with E-state index in [1.165, 1.54) is 6.21 Å². The third kappa shape index (κ3) is 3.49. The largest absolute Gasteiger partial charge is 0.455 e. The SMILES string of the molecule is NC(=O)N/N=C/c1ccc(-c2ccc(Cl)c(Cl)c2)o1. The van der Waals surface area contributed by atoms with Gasteiger partial charge in [0.05, 0.1) is 16.3 Å². The zero-order valence-electron chi connectivity index (χ0n) is 9.56. The summed E-state index contributed by atoms with van der Waals surface area (Å²) in [6.45, 7) is 0. The molecule has 0 saturated heterocycles. The van der Waals surface area contributed by atoms with Crippen LogP contribution in [0.1, 0.15) is 5.76 Å². The number of halogens is 2.